The quantitative estimate of drug-likeness (QED) is 0.641. The first kappa shape index (κ1) is 22.2. The molecule has 3 atom stereocenters. The van der Waals surface area contributed by atoms with Crippen molar-refractivity contribution in [2.45, 2.75) is 82.5 Å². The fourth-order valence-electron chi connectivity index (χ4n) is 5.93. The number of rotatable bonds is 6. The Labute approximate surface area is 194 Å². The predicted octanol–water partition coefficient (Wildman–Crippen LogP) is 1.97. The van der Waals surface area contributed by atoms with E-state index in [0.717, 1.165) is 42.8 Å². The van der Waals surface area contributed by atoms with Gasteiger partial charge in [0.1, 0.15) is 6.04 Å². The number of nitrogens with zero attached hydrogens (tertiary/aromatic N) is 2. The lowest BCUT2D eigenvalue weighted by molar-refractivity contribution is -0.136. The van der Waals surface area contributed by atoms with Crippen LogP contribution < -0.4 is 10.6 Å². The maximum Gasteiger partial charge on any atom is 0.262 e. The van der Waals surface area contributed by atoms with Crippen LogP contribution in [0.2, 0.25) is 0 Å². The molecular weight excluding hydrogens is 420 g/mol. The number of hydrogen-bond acceptors (Lipinski definition) is 6. The Balaban J connectivity index is 1.34. The molecule has 3 fully saturated rings. The minimum absolute atomic E-state index is 0.127. The summed E-state index contributed by atoms with van der Waals surface area (Å²) in [6, 6.07) is 5.61. The number of amides is 4. The molecule has 0 bridgehead atoms. The summed E-state index contributed by atoms with van der Waals surface area (Å²) in [5, 5.41) is 5.85. The van der Waals surface area contributed by atoms with Crippen LogP contribution in [0.15, 0.2) is 18.2 Å². The molecular formula is C25H32N4O4. The fraction of sp³-hybridized carbons (Fsp3) is 0.600. The van der Waals surface area contributed by atoms with Crippen molar-refractivity contribution in [1.29, 1.82) is 0 Å². The van der Waals surface area contributed by atoms with Gasteiger partial charge in [-0.2, -0.15) is 0 Å². The first-order valence-corrected chi connectivity index (χ1v) is 12.3. The number of benzene rings is 1. The van der Waals surface area contributed by atoms with E-state index in [1.807, 2.05) is 12.1 Å². The van der Waals surface area contributed by atoms with Crippen molar-refractivity contribution in [3.63, 3.8) is 0 Å². The molecule has 2 unspecified atom stereocenters. The van der Waals surface area contributed by atoms with Crippen molar-refractivity contribution in [3.05, 3.63) is 34.9 Å². The van der Waals surface area contributed by atoms with Gasteiger partial charge in [0.15, 0.2) is 0 Å². The number of imide groups is 2. The third kappa shape index (κ3) is 4.34. The van der Waals surface area contributed by atoms with Crippen molar-refractivity contribution < 1.29 is 19.2 Å². The van der Waals surface area contributed by atoms with Crippen LogP contribution in [0.4, 0.5) is 0 Å². The molecule has 0 aromatic heterocycles. The molecule has 3 saturated heterocycles. The van der Waals surface area contributed by atoms with Crippen LogP contribution in [0.5, 0.6) is 0 Å². The minimum atomic E-state index is -0.926. The van der Waals surface area contributed by atoms with E-state index in [-0.39, 0.29) is 18.7 Å². The van der Waals surface area contributed by atoms with E-state index < -0.39 is 23.8 Å². The summed E-state index contributed by atoms with van der Waals surface area (Å²) in [5.41, 5.74) is 1.64. The maximum atomic E-state index is 13.4. The Hall–Kier alpha value is -2.58. The molecule has 0 aliphatic carbocycles. The van der Waals surface area contributed by atoms with Crippen molar-refractivity contribution in [2.75, 3.05) is 13.1 Å². The van der Waals surface area contributed by atoms with Gasteiger partial charge in [0.05, 0.1) is 11.1 Å². The molecule has 0 radical (unpaired) electrons. The summed E-state index contributed by atoms with van der Waals surface area (Å²) in [4.78, 5) is 53.9. The van der Waals surface area contributed by atoms with Gasteiger partial charge in [-0.3, -0.25) is 34.3 Å². The first-order chi connectivity index (χ1) is 16.0. The molecule has 4 heterocycles. The molecule has 4 amide bonds. The topological polar surface area (TPSA) is 98.8 Å². The summed E-state index contributed by atoms with van der Waals surface area (Å²) < 4.78 is 0. The second-order valence-electron chi connectivity index (χ2n) is 9.78. The summed E-state index contributed by atoms with van der Waals surface area (Å²) in [5.74, 6) is -1.78. The van der Waals surface area contributed by atoms with Gasteiger partial charge < -0.3 is 5.32 Å². The standard InChI is InChI=1S/C25H32N4O4/c30-21-12-11-20(23(31)27-21)29-24(32)19-8-3-5-16(22(19)25(29)33)15-28-14-2-1-7-18(28)10-9-17-6-4-13-26-17/h3,5,8,17-18,20,26H,1-2,4,6-7,9-15H2,(H,27,30,31)/t17-,18?,20?/m1/s1. The van der Waals surface area contributed by atoms with E-state index >= 15 is 0 Å². The van der Waals surface area contributed by atoms with Crippen molar-refractivity contribution >= 4 is 23.6 Å². The van der Waals surface area contributed by atoms with E-state index in [1.165, 1.54) is 25.7 Å². The number of nitrogens with one attached hydrogen (secondary N) is 2. The zero-order valence-electron chi connectivity index (χ0n) is 19.0. The zero-order chi connectivity index (χ0) is 22.9. The molecule has 1 aromatic carbocycles. The lowest BCUT2D eigenvalue weighted by Crippen LogP contribution is -2.54. The van der Waals surface area contributed by atoms with Crippen molar-refractivity contribution in [3.8, 4) is 0 Å². The van der Waals surface area contributed by atoms with Gasteiger partial charge in [0, 0.05) is 25.0 Å². The summed E-state index contributed by atoms with van der Waals surface area (Å²) in [6.45, 7) is 2.74. The second-order valence-corrected chi connectivity index (χ2v) is 9.78. The van der Waals surface area contributed by atoms with E-state index in [2.05, 4.69) is 15.5 Å². The molecule has 4 aliphatic heterocycles. The van der Waals surface area contributed by atoms with Gasteiger partial charge in [-0.15, -0.1) is 0 Å². The number of likely N-dealkylation sites (tertiary alicyclic amines) is 1. The molecule has 1 aromatic rings. The van der Waals surface area contributed by atoms with Gasteiger partial charge >= 0.3 is 0 Å². The highest BCUT2D eigenvalue weighted by atomic mass is 16.2. The van der Waals surface area contributed by atoms with Gasteiger partial charge in [0.25, 0.3) is 11.8 Å². The first-order valence-electron chi connectivity index (χ1n) is 12.3. The highest BCUT2D eigenvalue weighted by Crippen LogP contribution is 2.32. The summed E-state index contributed by atoms with van der Waals surface area (Å²) in [6.07, 6.45) is 8.67. The monoisotopic (exact) mass is 452 g/mol. The Kier molecular flexibility index (Phi) is 6.29. The van der Waals surface area contributed by atoms with Gasteiger partial charge in [-0.05, 0) is 69.7 Å². The number of hydrogen-bond donors (Lipinski definition) is 2. The Morgan fingerprint density at radius 2 is 1.82 bits per heavy atom. The predicted molar refractivity (Wildman–Crippen MR) is 121 cm³/mol. The fourth-order valence-corrected chi connectivity index (χ4v) is 5.93. The van der Waals surface area contributed by atoms with Crippen LogP contribution in [0.25, 0.3) is 0 Å². The molecule has 4 aliphatic rings. The van der Waals surface area contributed by atoms with Gasteiger partial charge in [-0.25, -0.2) is 0 Å². The smallest absolute Gasteiger partial charge is 0.262 e. The molecule has 0 saturated carbocycles. The molecule has 8 heteroatoms. The highest BCUT2D eigenvalue weighted by Gasteiger charge is 2.45. The lowest BCUT2D eigenvalue weighted by Gasteiger charge is -2.36. The Bertz CT molecular complexity index is 971. The molecule has 33 heavy (non-hydrogen) atoms. The Morgan fingerprint density at radius 1 is 0.939 bits per heavy atom. The van der Waals surface area contributed by atoms with Crippen LogP contribution >= 0.6 is 0 Å². The SMILES string of the molecule is O=C1CCC(N2C(=O)c3cccc(CN4CCCCC4CC[C@H]4CCCN4)c3C2=O)C(=O)N1. The number of fused-ring (bicyclic) bond motifs is 1. The molecule has 5 rings (SSSR count). The third-order valence-corrected chi connectivity index (χ3v) is 7.69. The third-order valence-electron chi connectivity index (χ3n) is 7.69. The maximum absolute atomic E-state index is 13.4. The summed E-state index contributed by atoms with van der Waals surface area (Å²) in [7, 11) is 0. The molecule has 176 valence electrons. The van der Waals surface area contributed by atoms with Crippen LogP contribution in [0.1, 0.15) is 84.1 Å². The molecule has 8 nitrogen and oxygen atoms in total. The van der Waals surface area contributed by atoms with Crippen LogP contribution in [-0.2, 0) is 16.1 Å². The van der Waals surface area contributed by atoms with Gasteiger partial charge in [0.2, 0.25) is 11.8 Å². The van der Waals surface area contributed by atoms with E-state index in [0.29, 0.717) is 29.8 Å². The van der Waals surface area contributed by atoms with E-state index in [1.54, 1.807) is 6.07 Å². The largest absolute Gasteiger partial charge is 0.314 e. The highest BCUT2D eigenvalue weighted by molar-refractivity contribution is 6.24. The van der Waals surface area contributed by atoms with E-state index in [9.17, 15) is 19.2 Å². The molecule has 2 N–H and O–H groups in total. The zero-order valence-corrected chi connectivity index (χ0v) is 19.0. The van der Waals surface area contributed by atoms with Crippen LogP contribution in [0.3, 0.4) is 0 Å². The number of carbonyl (C=O) groups excluding carboxylic acids is 4. The normalized spacial score (nSPS) is 28.4. The molecule has 0 spiro atoms. The Morgan fingerprint density at radius 3 is 2.61 bits per heavy atom. The average molecular weight is 453 g/mol. The average Bonchev–Trinajstić information content (AvgIpc) is 3.41. The van der Waals surface area contributed by atoms with Gasteiger partial charge in [-0.1, -0.05) is 18.6 Å². The summed E-state index contributed by atoms with van der Waals surface area (Å²) >= 11 is 0. The van der Waals surface area contributed by atoms with E-state index in [4.69, 9.17) is 0 Å². The van der Waals surface area contributed by atoms with Crippen molar-refractivity contribution in [2.24, 2.45) is 0 Å². The lowest BCUT2D eigenvalue weighted by atomic mass is 9.94. The number of piperidine rings is 2. The minimum Gasteiger partial charge on any atom is -0.314 e. The number of carbonyl (C=O) groups is 4. The van der Waals surface area contributed by atoms with Crippen LogP contribution in [0, 0.1) is 0 Å². The van der Waals surface area contributed by atoms with Crippen LogP contribution in [-0.4, -0.2) is 64.6 Å². The van der Waals surface area contributed by atoms with Crippen molar-refractivity contribution in [1.82, 2.24) is 20.4 Å². The second kappa shape index (κ2) is 9.35.